The molecule has 3 aliphatic rings. The SMILES string of the molecule is c1ccc2cc3c(cc2c1)-c1ccc2ccccc2c1C3(c1ccc(OCC2CO2)cc1)c1ccc(OCC2CO2)cc1. The van der Waals surface area contributed by atoms with Crippen LogP contribution in [0.5, 0.6) is 11.5 Å². The molecule has 6 aromatic carbocycles. The van der Waals surface area contributed by atoms with Gasteiger partial charge in [-0.3, -0.25) is 0 Å². The zero-order chi connectivity index (χ0) is 28.4. The normalized spacial score (nSPS) is 21.4. The summed E-state index contributed by atoms with van der Waals surface area (Å²) in [6, 6.07) is 44.2. The van der Waals surface area contributed by atoms with Gasteiger partial charge >= 0.3 is 0 Å². The van der Waals surface area contributed by atoms with E-state index in [1.807, 2.05) is 0 Å². The van der Waals surface area contributed by atoms with Crippen LogP contribution in [0.25, 0.3) is 32.7 Å². The van der Waals surface area contributed by atoms with Crippen LogP contribution in [0.15, 0.2) is 121 Å². The first-order valence-electron chi connectivity index (χ1n) is 15.0. The van der Waals surface area contributed by atoms with Crippen LogP contribution < -0.4 is 9.47 Å². The summed E-state index contributed by atoms with van der Waals surface area (Å²) in [5.74, 6) is 1.71. The molecular weight excluding hydrogens is 532 g/mol. The highest BCUT2D eigenvalue weighted by Crippen LogP contribution is 2.59. The highest BCUT2D eigenvalue weighted by Gasteiger charge is 2.47. The Morgan fingerprint density at radius 1 is 0.558 bits per heavy atom. The Labute approximate surface area is 250 Å². The molecular formula is C39H30O4. The Morgan fingerprint density at radius 3 is 1.67 bits per heavy atom. The maximum atomic E-state index is 6.07. The van der Waals surface area contributed by atoms with Crippen molar-refractivity contribution in [2.75, 3.05) is 26.4 Å². The summed E-state index contributed by atoms with van der Waals surface area (Å²) in [5.41, 5.74) is 7.01. The van der Waals surface area contributed by atoms with E-state index in [1.54, 1.807) is 0 Å². The van der Waals surface area contributed by atoms with Crippen molar-refractivity contribution in [2.24, 2.45) is 0 Å². The average molecular weight is 563 g/mol. The first-order valence-corrected chi connectivity index (χ1v) is 15.0. The van der Waals surface area contributed by atoms with Gasteiger partial charge in [-0.25, -0.2) is 0 Å². The van der Waals surface area contributed by atoms with E-state index in [0.717, 1.165) is 24.7 Å². The van der Waals surface area contributed by atoms with E-state index in [-0.39, 0.29) is 12.2 Å². The number of epoxide rings is 2. The number of ether oxygens (including phenoxy) is 4. The molecule has 0 amide bonds. The molecule has 0 spiro atoms. The Kier molecular flexibility index (Phi) is 5.62. The lowest BCUT2D eigenvalue weighted by molar-refractivity contribution is 0.263. The summed E-state index contributed by atoms with van der Waals surface area (Å²) in [4.78, 5) is 0. The fourth-order valence-electron chi connectivity index (χ4n) is 6.88. The summed E-state index contributed by atoms with van der Waals surface area (Å²) in [5, 5.41) is 4.97. The summed E-state index contributed by atoms with van der Waals surface area (Å²) < 4.78 is 22.9. The van der Waals surface area contributed by atoms with Crippen LogP contribution in [-0.2, 0) is 14.9 Å². The fourth-order valence-corrected chi connectivity index (χ4v) is 6.88. The van der Waals surface area contributed by atoms with Gasteiger partial charge in [-0.05, 0) is 91.3 Å². The van der Waals surface area contributed by atoms with Crippen LogP contribution in [0, 0.1) is 0 Å². The van der Waals surface area contributed by atoms with Gasteiger partial charge in [-0.1, -0.05) is 84.9 Å². The molecule has 6 aromatic rings. The molecule has 43 heavy (non-hydrogen) atoms. The van der Waals surface area contributed by atoms with E-state index in [1.165, 1.54) is 54.9 Å². The van der Waals surface area contributed by atoms with Crippen molar-refractivity contribution < 1.29 is 18.9 Å². The first-order chi connectivity index (χ1) is 21.3. The van der Waals surface area contributed by atoms with Crippen LogP contribution in [0.3, 0.4) is 0 Å². The van der Waals surface area contributed by atoms with Crippen LogP contribution in [0.1, 0.15) is 22.3 Å². The van der Waals surface area contributed by atoms with Crippen molar-refractivity contribution in [1.82, 2.24) is 0 Å². The molecule has 210 valence electrons. The summed E-state index contributed by atoms with van der Waals surface area (Å²) in [7, 11) is 0. The molecule has 0 bridgehead atoms. The monoisotopic (exact) mass is 562 g/mol. The van der Waals surface area contributed by atoms with Crippen molar-refractivity contribution in [3.05, 3.63) is 144 Å². The largest absolute Gasteiger partial charge is 0.491 e. The van der Waals surface area contributed by atoms with E-state index < -0.39 is 5.41 Å². The van der Waals surface area contributed by atoms with Crippen LogP contribution in [0.4, 0.5) is 0 Å². The van der Waals surface area contributed by atoms with Crippen molar-refractivity contribution in [1.29, 1.82) is 0 Å². The summed E-state index contributed by atoms with van der Waals surface area (Å²) in [6.07, 6.45) is 0.429. The van der Waals surface area contributed by atoms with Crippen LogP contribution in [0.2, 0.25) is 0 Å². The van der Waals surface area contributed by atoms with E-state index >= 15 is 0 Å². The highest BCUT2D eigenvalue weighted by atomic mass is 16.6. The summed E-state index contributed by atoms with van der Waals surface area (Å²) in [6.45, 7) is 2.73. The van der Waals surface area contributed by atoms with Gasteiger partial charge in [0.05, 0.1) is 18.6 Å². The van der Waals surface area contributed by atoms with Crippen molar-refractivity contribution in [3.8, 4) is 22.6 Å². The molecule has 4 nitrogen and oxygen atoms in total. The smallest absolute Gasteiger partial charge is 0.119 e. The third-order valence-corrected chi connectivity index (χ3v) is 9.14. The van der Waals surface area contributed by atoms with Gasteiger partial charge in [0.25, 0.3) is 0 Å². The predicted molar refractivity (Wildman–Crippen MR) is 169 cm³/mol. The van der Waals surface area contributed by atoms with Gasteiger partial charge in [0.1, 0.15) is 36.9 Å². The molecule has 2 aliphatic heterocycles. The second-order valence-electron chi connectivity index (χ2n) is 11.8. The third kappa shape index (κ3) is 4.13. The Balaban J connectivity index is 1.31. The van der Waals surface area contributed by atoms with E-state index in [9.17, 15) is 0 Å². The quantitative estimate of drug-likeness (QED) is 0.177. The molecule has 2 fully saturated rings. The van der Waals surface area contributed by atoms with Gasteiger partial charge in [-0.15, -0.1) is 0 Å². The lowest BCUT2D eigenvalue weighted by Gasteiger charge is -2.35. The summed E-state index contributed by atoms with van der Waals surface area (Å²) >= 11 is 0. The minimum absolute atomic E-state index is 0.214. The number of fused-ring (bicyclic) bond motifs is 6. The van der Waals surface area contributed by atoms with Crippen molar-refractivity contribution in [2.45, 2.75) is 17.6 Å². The molecule has 0 N–H and O–H groups in total. The standard InChI is InChI=1S/C39H30O4/c1-2-7-27-20-37-36(19-26(27)6-1)35-18-9-25-5-3-4-8-34(25)38(35)39(37,28-10-14-30(15-11-28)40-21-32-23-42-32)29-12-16-31(17-13-29)41-22-33-24-43-33/h1-20,32-33H,21-24H2. The molecule has 2 unspecified atom stereocenters. The molecule has 1 aliphatic carbocycles. The lowest BCUT2D eigenvalue weighted by atomic mass is 9.66. The first kappa shape index (κ1) is 24.9. The molecule has 2 heterocycles. The molecule has 0 saturated carbocycles. The van der Waals surface area contributed by atoms with Crippen molar-refractivity contribution in [3.63, 3.8) is 0 Å². The number of hydrogen-bond donors (Lipinski definition) is 0. The molecule has 0 radical (unpaired) electrons. The maximum absolute atomic E-state index is 6.07. The van der Waals surface area contributed by atoms with Gasteiger partial charge in [0.15, 0.2) is 0 Å². The zero-order valence-electron chi connectivity index (χ0n) is 23.7. The second kappa shape index (κ2) is 9.70. The number of benzene rings is 6. The minimum atomic E-state index is -0.550. The minimum Gasteiger partial charge on any atom is -0.491 e. The topological polar surface area (TPSA) is 43.5 Å². The molecule has 9 rings (SSSR count). The number of rotatable bonds is 8. The van der Waals surface area contributed by atoms with Gasteiger partial charge in [0, 0.05) is 0 Å². The van der Waals surface area contributed by atoms with Gasteiger partial charge in [-0.2, -0.15) is 0 Å². The maximum Gasteiger partial charge on any atom is 0.119 e. The molecule has 0 aromatic heterocycles. The average Bonchev–Trinajstić information content (AvgIpc) is 4.01. The molecule has 2 atom stereocenters. The van der Waals surface area contributed by atoms with E-state index in [0.29, 0.717) is 13.2 Å². The fraction of sp³-hybridized carbons (Fsp3) is 0.179. The third-order valence-electron chi connectivity index (χ3n) is 9.14. The van der Waals surface area contributed by atoms with Crippen LogP contribution >= 0.6 is 0 Å². The zero-order valence-corrected chi connectivity index (χ0v) is 23.7. The molecule has 2 saturated heterocycles. The van der Waals surface area contributed by atoms with E-state index in [4.69, 9.17) is 18.9 Å². The van der Waals surface area contributed by atoms with Crippen molar-refractivity contribution >= 4 is 21.5 Å². The van der Waals surface area contributed by atoms with Gasteiger partial charge in [0.2, 0.25) is 0 Å². The Hall–Kier alpha value is -4.64. The second-order valence-corrected chi connectivity index (χ2v) is 11.8. The predicted octanol–water partition coefficient (Wildman–Crippen LogP) is 7.91. The van der Waals surface area contributed by atoms with E-state index in [2.05, 4.69) is 121 Å². The van der Waals surface area contributed by atoms with Gasteiger partial charge < -0.3 is 18.9 Å². The Bertz CT molecular complexity index is 1930. The highest BCUT2D eigenvalue weighted by molar-refractivity contribution is 6.03. The van der Waals surface area contributed by atoms with Crippen LogP contribution in [-0.4, -0.2) is 38.6 Å². The molecule has 4 heteroatoms. The Morgan fingerprint density at radius 2 is 1.09 bits per heavy atom. The number of hydrogen-bond acceptors (Lipinski definition) is 4. The lowest BCUT2D eigenvalue weighted by Crippen LogP contribution is -2.29.